The summed E-state index contributed by atoms with van der Waals surface area (Å²) in [7, 11) is 1.51. The Morgan fingerprint density at radius 2 is 1.86 bits per heavy atom. The van der Waals surface area contributed by atoms with Crippen molar-refractivity contribution in [2.75, 3.05) is 0 Å². The van der Waals surface area contributed by atoms with Crippen molar-refractivity contribution in [2.45, 2.75) is 13.0 Å². The molecule has 0 aliphatic heterocycles. The molecule has 0 spiro atoms. The third-order valence-electron chi connectivity index (χ3n) is 4.68. The van der Waals surface area contributed by atoms with Crippen LogP contribution in [0.1, 0.15) is 28.5 Å². The first-order valence-electron chi connectivity index (χ1n) is 8.82. The van der Waals surface area contributed by atoms with E-state index in [0.29, 0.717) is 22.5 Å². The summed E-state index contributed by atoms with van der Waals surface area (Å²) in [5.74, 6) is 0. The topological polar surface area (TPSA) is 115 Å². The monoisotopic (exact) mass is 387 g/mol. The molecule has 0 aliphatic rings. The van der Waals surface area contributed by atoms with Crippen molar-refractivity contribution in [3.05, 3.63) is 87.6 Å². The molecule has 1 atom stereocenters. The molecule has 0 saturated heterocycles. The fourth-order valence-corrected chi connectivity index (χ4v) is 3.13. The largest absolute Gasteiger partial charge is 0.382 e. The van der Waals surface area contributed by atoms with E-state index in [1.165, 1.54) is 7.05 Å². The third-order valence-corrected chi connectivity index (χ3v) is 4.68. The Balaban J connectivity index is 1.75. The minimum Gasteiger partial charge on any atom is -0.382 e. The zero-order chi connectivity index (χ0) is 20.5. The lowest BCUT2D eigenvalue weighted by atomic mass is 9.99. The Labute approximate surface area is 165 Å². The zero-order valence-corrected chi connectivity index (χ0v) is 15.8. The first-order chi connectivity index (χ1) is 14.0. The Kier molecular flexibility index (Phi) is 4.54. The fourth-order valence-electron chi connectivity index (χ4n) is 3.13. The van der Waals surface area contributed by atoms with Crippen LogP contribution in [0, 0.1) is 18.3 Å². The van der Waals surface area contributed by atoms with Gasteiger partial charge in [-0.05, 0) is 59.3 Å². The molecule has 1 unspecified atom stereocenters. The molecule has 2 aromatic heterocycles. The van der Waals surface area contributed by atoms with Gasteiger partial charge in [-0.3, -0.25) is 0 Å². The van der Waals surface area contributed by atoms with Crippen molar-refractivity contribution < 1.29 is 5.11 Å². The van der Waals surface area contributed by atoms with Gasteiger partial charge in [0.15, 0.2) is 0 Å². The predicted octanol–water partition coefficient (Wildman–Crippen LogP) is 1.41. The molecule has 4 rings (SSSR count). The SMILES string of the molecule is Cc1cccc(-n2nnn(C)c2=O)c1C(O)c1ccn(-c2ccc(C#N)cc2)n1. The number of aliphatic hydroxyl groups excluding tert-OH is 1. The fraction of sp³-hybridized carbons (Fsp3) is 0.150. The quantitative estimate of drug-likeness (QED) is 0.566. The number of aromatic nitrogens is 6. The lowest BCUT2D eigenvalue weighted by Crippen LogP contribution is -2.23. The van der Waals surface area contributed by atoms with Crippen LogP contribution in [-0.2, 0) is 7.05 Å². The number of nitriles is 1. The highest BCUT2D eigenvalue weighted by Gasteiger charge is 2.22. The van der Waals surface area contributed by atoms with Crippen LogP contribution in [0.3, 0.4) is 0 Å². The highest BCUT2D eigenvalue weighted by molar-refractivity contribution is 5.48. The van der Waals surface area contributed by atoms with E-state index in [0.717, 1.165) is 20.6 Å². The summed E-state index contributed by atoms with van der Waals surface area (Å²) in [5.41, 5.74) is 3.09. The van der Waals surface area contributed by atoms with Gasteiger partial charge < -0.3 is 5.11 Å². The molecule has 0 bridgehead atoms. The second-order valence-corrected chi connectivity index (χ2v) is 6.55. The van der Waals surface area contributed by atoms with Gasteiger partial charge in [-0.15, -0.1) is 0 Å². The Morgan fingerprint density at radius 3 is 2.52 bits per heavy atom. The zero-order valence-electron chi connectivity index (χ0n) is 15.8. The van der Waals surface area contributed by atoms with Crippen molar-refractivity contribution >= 4 is 0 Å². The summed E-state index contributed by atoms with van der Waals surface area (Å²) in [5, 5.41) is 32.1. The molecule has 0 aliphatic carbocycles. The number of hydrogen-bond donors (Lipinski definition) is 1. The highest BCUT2D eigenvalue weighted by atomic mass is 16.3. The van der Waals surface area contributed by atoms with Crippen LogP contribution in [0.2, 0.25) is 0 Å². The second kappa shape index (κ2) is 7.18. The van der Waals surface area contributed by atoms with Gasteiger partial charge in [0.25, 0.3) is 0 Å². The Hall–Kier alpha value is -4.03. The van der Waals surface area contributed by atoms with Crippen LogP contribution in [0.4, 0.5) is 0 Å². The second-order valence-electron chi connectivity index (χ2n) is 6.55. The maximum Gasteiger partial charge on any atom is 0.368 e. The molecule has 1 N–H and O–H groups in total. The standard InChI is InChI=1S/C20H17N7O2/c1-13-4-3-5-17(27-20(29)25(2)23-24-27)18(13)19(28)16-10-11-26(22-16)15-8-6-14(12-21)7-9-15/h3-11,19,28H,1-2H3. The normalized spacial score (nSPS) is 11.9. The highest BCUT2D eigenvalue weighted by Crippen LogP contribution is 2.29. The van der Waals surface area contributed by atoms with Gasteiger partial charge in [0.1, 0.15) is 6.10 Å². The summed E-state index contributed by atoms with van der Waals surface area (Å²) in [6.45, 7) is 1.85. The van der Waals surface area contributed by atoms with Gasteiger partial charge in [-0.1, -0.05) is 12.1 Å². The maximum atomic E-state index is 12.3. The number of nitrogens with zero attached hydrogens (tertiary/aromatic N) is 7. The Morgan fingerprint density at radius 1 is 1.10 bits per heavy atom. The van der Waals surface area contributed by atoms with Crippen LogP contribution in [-0.4, -0.2) is 34.7 Å². The molecule has 0 amide bonds. The van der Waals surface area contributed by atoms with Crippen molar-refractivity contribution in [1.29, 1.82) is 5.26 Å². The first-order valence-corrected chi connectivity index (χ1v) is 8.82. The van der Waals surface area contributed by atoms with Crippen molar-refractivity contribution in [2.24, 2.45) is 7.05 Å². The Bertz CT molecular complexity index is 1280. The molecule has 9 heteroatoms. The molecule has 0 radical (unpaired) electrons. The van der Waals surface area contributed by atoms with E-state index >= 15 is 0 Å². The lowest BCUT2D eigenvalue weighted by Gasteiger charge is -2.16. The van der Waals surface area contributed by atoms with Crippen LogP contribution in [0.25, 0.3) is 11.4 Å². The summed E-state index contributed by atoms with van der Waals surface area (Å²) in [6, 6.07) is 16.1. The molecule has 0 fully saturated rings. The van der Waals surface area contributed by atoms with Gasteiger partial charge in [-0.2, -0.15) is 19.7 Å². The average Bonchev–Trinajstić information content (AvgIpc) is 3.35. The molecule has 2 aromatic carbocycles. The lowest BCUT2D eigenvalue weighted by molar-refractivity contribution is 0.213. The van der Waals surface area contributed by atoms with Crippen LogP contribution < -0.4 is 5.69 Å². The third kappa shape index (κ3) is 3.22. The molecule has 29 heavy (non-hydrogen) atoms. The van der Waals surface area contributed by atoms with Crippen molar-refractivity contribution in [3.8, 4) is 17.4 Å². The van der Waals surface area contributed by atoms with E-state index in [2.05, 4.69) is 21.6 Å². The van der Waals surface area contributed by atoms with Gasteiger partial charge in [-0.25, -0.2) is 9.48 Å². The number of aryl methyl sites for hydroxylation is 2. The summed E-state index contributed by atoms with van der Waals surface area (Å²) < 4.78 is 3.90. The predicted molar refractivity (Wildman–Crippen MR) is 104 cm³/mol. The van der Waals surface area contributed by atoms with E-state index in [1.807, 2.05) is 13.0 Å². The molecule has 2 heterocycles. The van der Waals surface area contributed by atoms with E-state index in [-0.39, 0.29) is 0 Å². The minimum absolute atomic E-state index is 0.410. The molecular formula is C20H17N7O2. The average molecular weight is 387 g/mol. The van der Waals surface area contributed by atoms with Gasteiger partial charge >= 0.3 is 5.69 Å². The van der Waals surface area contributed by atoms with E-state index in [1.54, 1.807) is 53.3 Å². The molecule has 9 nitrogen and oxygen atoms in total. The molecule has 144 valence electrons. The van der Waals surface area contributed by atoms with Gasteiger partial charge in [0.05, 0.1) is 28.7 Å². The minimum atomic E-state index is -1.07. The van der Waals surface area contributed by atoms with Crippen LogP contribution in [0.5, 0.6) is 0 Å². The van der Waals surface area contributed by atoms with E-state index < -0.39 is 11.8 Å². The number of aliphatic hydroxyl groups is 1. The molecule has 4 aromatic rings. The first kappa shape index (κ1) is 18.3. The smallest absolute Gasteiger partial charge is 0.368 e. The van der Waals surface area contributed by atoms with E-state index in [9.17, 15) is 9.90 Å². The van der Waals surface area contributed by atoms with Gasteiger partial charge in [0.2, 0.25) is 0 Å². The number of benzene rings is 2. The maximum absolute atomic E-state index is 12.3. The number of hydrogen-bond acceptors (Lipinski definition) is 6. The summed E-state index contributed by atoms with van der Waals surface area (Å²) in [6.07, 6.45) is 0.659. The van der Waals surface area contributed by atoms with Crippen molar-refractivity contribution in [1.82, 2.24) is 29.6 Å². The van der Waals surface area contributed by atoms with Gasteiger partial charge in [0, 0.05) is 18.8 Å². The summed E-state index contributed by atoms with van der Waals surface area (Å²) >= 11 is 0. The summed E-state index contributed by atoms with van der Waals surface area (Å²) in [4.78, 5) is 12.3. The van der Waals surface area contributed by atoms with Crippen molar-refractivity contribution in [3.63, 3.8) is 0 Å². The number of tetrazole rings is 1. The van der Waals surface area contributed by atoms with Crippen LogP contribution in [0.15, 0.2) is 59.5 Å². The molecular weight excluding hydrogens is 370 g/mol. The van der Waals surface area contributed by atoms with E-state index in [4.69, 9.17) is 5.26 Å². The molecule has 0 saturated carbocycles. The number of rotatable bonds is 4. The van der Waals surface area contributed by atoms with Crippen LogP contribution >= 0.6 is 0 Å².